The number of nitrogens with one attached hydrogen (secondary N) is 1. The fourth-order valence-electron chi connectivity index (χ4n) is 2.10. The maximum atomic E-state index is 11.6. The van der Waals surface area contributed by atoms with Gasteiger partial charge in [-0.1, -0.05) is 0 Å². The molecule has 1 aliphatic carbocycles. The van der Waals surface area contributed by atoms with Crippen molar-refractivity contribution >= 4 is 9.84 Å². The summed E-state index contributed by atoms with van der Waals surface area (Å²) in [5, 5.41) is 3.33. The number of hydrogen-bond donors (Lipinski definition) is 1. The highest BCUT2D eigenvalue weighted by molar-refractivity contribution is 7.92. The average Bonchev–Trinajstić information content (AvgIpc) is 3.00. The lowest BCUT2D eigenvalue weighted by Gasteiger charge is -2.22. The highest BCUT2D eigenvalue weighted by Crippen LogP contribution is 2.30. The van der Waals surface area contributed by atoms with Gasteiger partial charge in [0, 0.05) is 0 Å². The van der Waals surface area contributed by atoms with Gasteiger partial charge in [0.15, 0.2) is 9.84 Å². The van der Waals surface area contributed by atoms with Gasteiger partial charge in [0.25, 0.3) is 0 Å². The van der Waals surface area contributed by atoms with E-state index in [0.29, 0.717) is 11.7 Å². The molecule has 1 saturated carbocycles. The molecule has 0 amide bonds. The third-order valence-electron chi connectivity index (χ3n) is 3.30. The van der Waals surface area contributed by atoms with Gasteiger partial charge in [-0.3, -0.25) is 0 Å². The number of hydrogen-bond acceptors (Lipinski definition) is 3. The van der Waals surface area contributed by atoms with Crippen LogP contribution in [0.25, 0.3) is 0 Å². The summed E-state index contributed by atoms with van der Waals surface area (Å²) in [6.07, 6.45) is 5.02. The Morgan fingerprint density at radius 1 is 1.07 bits per heavy atom. The van der Waals surface area contributed by atoms with Crippen LogP contribution in [0.3, 0.4) is 0 Å². The zero-order valence-corrected chi connectivity index (χ0v) is 9.35. The van der Waals surface area contributed by atoms with E-state index in [2.05, 4.69) is 5.32 Å². The van der Waals surface area contributed by atoms with Crippen LogP contribution in [0.4, 0.5) is 0 Å². The molecule has 2 rings (SSSR count). The van der Waals surface area contributed by atoms with Crippen LogP contribution in [0.2, 0.25) is 0 Å². The Morgan fingerprint density at radius 2 is 1.71 bits per heavy atom. The molecule has 0 radical (unpaired) electrons. The van der Waals surface area contributed by atoms with Gasteiger partial charge in [0.1, 0.15) is 0 Å². The van der Waals surface area contributed by atoms with Crippen molar-refractivity contribution < 1.29 is 8.42 Å². The summed E-state index contributed by atoms with van der Waals surface area (Å²) < 4.78 is 23.2. The van der Waals surface area contributed by atoms with Gasteiger partial charge >= 0.3 is 0 Å². The van der Waals surface area contributed by atoms with Crippen LogP contribution < -0.4 is 5.32 Å². The Balaban J connectivity index is 1.75. The second kappa shape index (κ2) is 4.19. The van der Waals surface area contributed by atoms with E-state index in [-0.39, 0.29) is 5.25 Å². The minimum atomic E-state index is -2.71. The first-order valence-electron chi connectivity index (χ1n) is 5.61. The molecule has 1 N–H and O–H groups in total. The lowest BCUT2D eigenvalue weighted by atomic mass is 9.96. The van der Waals surface area contributed by atoms with E-state index in [9.17, 15) is 8.42 Å². The first-order valence-corrected chi connectivity index (χ1v) is 7.32. The zero-order chi connectivity index (χ0) is 10.0. The third-order valence-corrected chi connectivity index (χ3v) is 5.59. The normalized spacial score (nSPS) is 25.1. The monoisotopic (exact) mass is 217 g/mol. The summed E-state index contributed by atoms with van der Waals surface area (Å²) in [5.74, 6) is 1.08. The van der Waals surface area contributed by atoms with Crippen molar-refractivity contribution in [1.82, 2.24) is 5.32 Å². The van der Waals surface area contributed by atoms with E-state index in [1.807, 2.05) is 0 Å². The molecule has 0 unspecified atom stereocenters. The minimum Gasteiger partial charge on any atom is -0.317 e. The van der Waals surface area contributed by atoms with Gasteiger partial charge in [-0.15, -0.1) is 0 Å². The topological polar surface area (TPSA) is 46.2 Å². The summed E-state index contributed by atoms with van der Waals surface area (Å²) in [4.78, 5) is 0. The van der Waals surface area contributed by atoms with Gasteiger partial charge in [-0.05, 0) is 51.1 Å². The molecule has 1 aliphatic heterocycles. The van der Waals surface area contributed by atoms with E-state index in [0.717, 1.165) is 45.2 Å². The Bertz CT molecular complexity index is 276. The van der Waals surface area contributed by atoms with Crippen LogP contribution in [0, 0.1) is 5.92 Å². The molecule has 0 aromatic heterocycles. The van der Waals surface area contributed by atoms with Gasteiger partial charge in [-0.25, -0.2) is 8.42 Å². The highest BCUT2D eigenvalue weighted by atomic mass is 32.2. The quantitative estimate of drug-likeness (QED) is 0.762. The number of sulfone groups is 1. The van der Waals surface area contributed by atoms with Crippen molar-refractivity contribution in [3.8, 4) is 0 Å². The summed E-state index contributed by atoms with van der Waals surface area (Å²) in [7, 11) is -2.71. The van der Waals surface area contributed by atoms with E-state index in [4.69, 9.17) is 0 Å². The van der Waals surface area contributed by atoms with Crippen molar-refractivity contribution in [3.63, 3.8) is 0 Å². The Kier molecular flexibility index (Phi) is 3.12. The first-order chi connectivity index (χ1) is 6.68. The molecule has 0 atom stereocenters. The fraction of sp³-hybridized carbons (Fsp3) is 1.00. The Hall–Kier alpha value is -0.0900. The lowest BCUT2D eigenvalue weighted by molar-refractivity contribution is 0.365. The number of rotatable bonds is 4. The molecular weight excluding hydrogens is 198 g/mol. The summed E-state index contributed by atoms with van der Waals surface area (Å²) >= 11 is 0. The fourth-order valence-corrected chi connectivity index (χ4v) is 3.94. The van der Waals surface area contributed by atoms with Gasteiger partial charge in [-0.2, -0.15) is 0 Å². The predicted molar refractivity (Wildman–Crippen MR) is 57.0 cm³/mol. The van der Waals surface area contributed by atoms with Crippen molar-refractivity contribution in [1.29, 1.82) is 0 Å². The molecule has 82 valence electrons. The molecule has 1 heterocycles. The van der Waals surface area contributed by atoms with Gasteiger partial charge in [0.05, 0.1) is 11.0 Å². The first kappa shape index (κ1) is 10.4. The van der Waals surface area contributed by atoms with Crippen LogP contribution >= 0.6 is 0 Å². The maximum absolute atomic E-state index is 11.6. The molecule has 2 fully saturated rings. The number of piperidine rings is 1. The van der Waals surface area contributed by atoms with Crippen molar-refractivity contribution in [2.24, 2.45) is 5.92 Å². The zero-order valence-electron chi connectivity index (χ0n) is 8.54. The smallest absolute Gasteiger partial charge is 0.153 e. The van der Waals surface area contributed by atoms with E-state index in [1.165, 1.54) is 0 Å². The molecule has 0 spiro atoms. The molecule has 0 bridgehead atoms. The summed E-state index contributed by atoms with van der Waals surface area (Å²) in [6.45, 7) is 2.13. The van der Waals surface area contributed by atoms with Crippen LogP contribution in [-0.2, 0) is 9.84 Å². The molecule has 0 aromatic rings. The van der Waals surface area contributed by atoms with Crippen molar-refractivity contribution in [3.05, 3.63) is 0 Å². The van der Waals surface area contributed by atoms with Crippen LogP contribution in [0.15, 0.2) is 0 Å². The van der Waals surface area contributed by atoms with Crippen LogP contribution in [0.1, 0.15) is 32.1 Å². The molecule has 14 heavy (non-hydrogen) atoms. The SMILES string of the molecule is O=S(=O)(CCC1CCNCC1)C1CC1. The minimum absolute atomic E-state index is 0.0317. The highest BCUT2D eigenvalue weighted by Gasteiger charge is 2.35. The van der Waals surface area contributed by atoms with E-state index < -0.39 is 9.84 Å². The third kappa shape index (κ3) is 2.70. The lowest BCUT2D eigenvalue weighted by Crippen LogP contribution is -2.29. The predicted octanol–water partition coefficient (Wildman–Crippen LogP) is 0.953. The summed E-state index contributed by atoms with van der Waals surface area (Å²) in [5.41, 5.74) is 0. The Morgan fingerprint density at radius 3 is 2.29 bits per heavy atom. The van der Waals surface area contributed by atoms with Crippen molar-refractivity contribution in [2.75, 3.05) is 18.8 Å². The molecular formula is C10H19NO2S. The average molecular weight is 217 g/mol. The summed E-state index contributed by atoms with van der Waals surface area (Å²) in [6, 6.07) is 0. The maximum Gasteiger partial charge on any atom is 0.153 e. The molecule has 4 heteroatoms. The van der Waals surface area contributed by atoms with Gasteiger partial charge < -0.3 is 5.32 Å². The standard InChI is InChI=1S/C10H19NO2S/c12-14(13,10-1-2-10)8-5-9-3-6-11-7-4-9/h9-11H,1-8H2. The second-order valence-corrected chi connectivity index (χ2v) is 6.95. The Labute approximate surface area is 86.2 Å². The molecule has 2 aliphatic rings. The van der Waals surface area contributed by atoms with Crippen molar-refractivity contribution in [2.45, 2.75) is 37.4 Å². The molecule has 3 nitrogen and oxygen atoms in total. The van der Waals surface area contributed by atoms with E-state index in [1.54, 1.807) is 0 Å². The largest absolute Gasteiger partial charge is 0.317 e. The van der Waals surface area contributed by atoms with Crippen LogP contribution in [0.5, 0.6) is 0 Å². The molecule has 0 aromatic carbocycles. The van der Waals surface area contributed by atoms with Crippen LogP contribution in [-0.4, -0.2) is 32.5 Å². The van der Waals surface area contributed by atoms with Gasteiger partial charge in [0.2, 0.25) is 0 Å². The second-order valence-electron chi connectivity index (χ2n) is 4.55. The van der Waals surface area contributed by atoms with E-state index >= 15 is 0 Å². The molecule has 1 saturated heterocycles.